The number of alkyl halides is 1. The van der Waals surface area contributed by atoms with E-state index < -0.39 is 5.60 Å². The number of aliphatic hydroxyl groups is 1. The van der Waals surface area contributed by atoms with Crippen LogP contribution in [0.1, 0.15) is 12.0 Å². The highest BCUT2D eigenvalue weighted by atomic mass is 35.5. The van der Waals surface area contributed by atoms with Crippen LogP contribution in [0, 0.1) is 0 Å². The van der Waals surface area contributed by atoms with Gasteiger partial charge < -0.3 is 9.84 Å². The summed E-state index contributed by atoms with van der Waals surface area (Å²) in [6, 6.07) is 4.92. The summed E-state index contributed by atoms with van der Waals surface area (Å²) in [7, 11) is 1.53. The van der Waals surface area contributed by atoms with Gasteiger partial charge >= 0.3 is 0 Å². The SMILES string of the molecule is COC=CCC(O)(CCl)c1ccc(Cl)cc1Cl. The summed E-state index contributed by atoms with van der Waals surface area (Å²) in [4.78, 5) is 0. The van der Waals surface area contributed by atoms with Crippen molar-refractivity contribution in [2.24, 2.45) is 0 Å². The van der Waals surface area contributed by atoms with Gasteiger partial charge in [0.1, 0.15) is 5.60 Å². The molecule has 2 nitrogen and oxygen atoms in total. The summed E-state index contributed by atoms with van der Waals surface area (Å²) in [5.74, 6) is 0.0302. The first-order valence-electron chi connectivity index (χ1n) is 4.95. The van der Waals surface area contributed by atoms with Gasteiger partial charge in [0, 0.05) is 22.0 Å². The average Bonchev–Trinajstić information content (AvgIpc) is 2.29. The lowest BCUT2D eigenvalue weighted by Crippen LogP contribution is -2.27. The summed E-state index contributed by atoms with van der Waals surface area (Å²) >= 11 is 17.7. The van der Waals surface area contributed by atoms with Crippen LogP contribution in [-0.4, -0.2) is 18.1 Å². The van der Waals surface area contributed by atoms with Gasteiger partial charge in [-0.25, -0.2) is 0 Å². The molecule has 0 aliphatic carbocycles. The van der Waals surface area contributed by atoms with Crippen molar-refractivity contribution < 1.29 is 9.84 Å². The molecular formula is C12H13Cl3O2. The van der Waals surface area contributed by atoms with E-state index in [-0.39, 0.29) is 5.88 Å². The van der Waals surface area contributed by atoms with Crippen LogP contribution in [0.5, 0.6) is 0 Å². The van der Waals surface area contributed by atoms with Crippen molar-refractivity contribution in [1.82, 2.24) is 0 Å². The van der Waals surface area contributed by atoms with Gasteiger partial charge in [-0.05, 0) is 18.2 Å². The van der Waals surface area contributed by atoms with Crippen molar-refractivity contribution in [3.63, 3.8) is 0 Å². The second-order valence-corrected chi connectivity index (χ2v) is 4.71. The molecule has 94 valence electrons. The Labute approximate surface area is 116 Å². The van der Waals surface area contributed by atoms with Gasteiger partial charge in [-0.15, -0.1) is 11.6 Å². The number of halogens is 3. The predicted molar refractivity (Wildman–Crippen MR) is 71.8 cm³/mol. The fourth-order valence-corrected chi connectivity index (χ4v) is 2.28. The molecule has 5 heteroatoms. The summed E-state index contributed by atoms with van der Waals surface area (Å²) in [5, 5.41) is 11.3. The third kappa shape index (κ3) is 3.78. The van der Waals surface area contributed by atoms with Gasteiger partial charge in [-0.1, -0.05) is 29.3 Å². The summed E-state index contributed by atoms with van der Waals surface area (Å²) in [5.41, 5.74) is -0.669. The molecule has 0 fully saturated rings. The minimum absolute atomic E-state index is 0.0302. The van der Waals surface area contributed by atoms with Crippen LogP contribution >= 0.6 is 34.8 Å². The fraction of sp³-hybridized carbons (Fsp3) is 0.333. The van der Waals surface area contributed by atoms with Crippen molar-refractivity contribution >= 4 is 34.8 Å². The lowest BCUT2D eigenvalue weighted by molar-refractivity contribution is 0.0638. The molecule has 1 atom stereocenters. The molecule has 0 heterocycles. The van der Waals surface area contributed by atoms with E-state index in [0.29, 0.717) is 22.0 Å². The molecule has 0 saturated heterocycles. The standard InChI is InChI=1S/C12H13Cl3O2/c1-17-6-2-5-12(16,8-13)10-4-3-9(14)7-11(10)15/h2-4,6-7,16H,5,8H2,1H3. The van der Waals surface area contributed by atoms with E-state index >= 15 is 0 Å². The molecular weight excluding hydrogens is 282 g/mol. The largest absolute Gasteiger partial charge is 0.505 e. The maximum Gasteiger partial charge on any atom is 0.108 e. The highest BCUT2D eigenvalue weighted by Gasteiger charge is 2.29. The zero-order valence-electron chi connectivity index (χ0n) is 9.29. The molecule has 0 radical (unpaired) electrons. The molecule has 0 amide bonds. The Bertz CT molecular complexity index is 407. The Morgan fingerprint density at radius 3 is 2.65 bits per heavy atom. The molecule has 17 heavy (non-hydrogen) atoms. The van der Waals surface area contributed by atoms with Crippen LogP contribution in [0.3, 0.4) is 0 Å². The van der Waals surface area contributed by atoms with E-state index in [0.717, 1.165) is 0 Å². The zero-order chi connectivity index (χ0) is 12.9. The zero-order valence-corrected chi connectivity index (χ0v) is 11.6. The Morgan fingerprint density at radius 1 is 1.41 bits per heavy atom. The number of methoxy groups -OCH3 is 1. The first-order valence-corrected chi connectivity index (χ1v) is 6.24. The Morgan fingerprint density at radius 2 is 2.12 bits per heavy atom. The normalized spacial score (nSPS) is 14.9. The molecule has 0 aromatic heterocycles. The van der Waals surface area contributed by atoms with Gasteiger partial charge in [0.05, 0.1) is 19.3 Å². The Kier molecular flexibility index (Phi) is 5.60. The molecule has 1 N–H and O–H groups in total. The molecule has 1 aromatic carbocycles. The molecule has 1 unspecified atom stereocenters. The van der Waals surface area contributed by atoms with E-state index in [1.807, 2.05) is 0 Å². The van der Waals surface area contributed by atoms with E-state index in [4.69, 9.17) is 39.5 Å². The summed E-state index contributed by atoms with van der Waals surface area (Å²) in [6.45, 7) is 0. The van der Waals surface area contributed by atoms with Crippen LogP contribution in [0.25, 0.3) is 0 Å². The topological polar surface area (TPSA) is 29.5 Å². The van der Waals surface area contributed by atoms with Crippen LogP contribution in [0.15, 0.2) is 30.5 Å². The van der Waals surface area contributed by atoms with Crippen molar-refractivity contribution in [2.45, 2.75) is 12.0 Å². The van der Waals surface area contributed by atoms with Crippen LogP contribution in [-0.2, 0) is 10.3 Å². The van der Waals surface area contributed by atoms with Gasteiger partial charge in [0.25, 0.3) is 0 Å². The highest BCUT2D eigenvalue weighted by molar-refractivity contribution is 6.35. The molecule has 0 spiro atoms. The first-order chi connectivity index (χ1) is 8.03. The second-order valence-electron chi connectivity index (χ2n) is 3.60. The quantitative estimate of drug-likeness (QED) is 0.658. The summed E-state index contributed by atoms with van der Waals surface area (Å²) < 4.78 is 4.78. The number of ether oxygens (including phenoxy) is 1. The smallest absolute Gasteiger partial charge is 0.108 e. The predicted octanol–water partition coefficient (Wildman–Crippen LogP) is 3.97. The van der Waals surface area contributed by atoms with E-state index in [9.17, 15) is 5.11 Å². The number of hydrogen-bond donors (Lipinski definition) is 1. The minimum atomic E-state index is -1.22. The maximum absolute atomic E-state index is 10.4. The fourth-order valence-electron chi connectivity index (χ4n) is 1.44. The molecule has 0 aliphatic heterocycles. The van der Waals surface area contributed by atoms with Crippen LogP contribution in [0.4, 0.5) is 0 Å². The lowest BCUT2D eigenvalue weighted by Gasteiger charge is -2.26. The molecule has 1 aromatic rings. The van der Waals surface area contributed by atoms with Crippen LogP contribution in [0.2, 0.25) is 10.0 Å². The van der Waals surface area contributed by atoms with Gasteiger partial charge in [-0.3, -0.25) is 0 Å². The van der Waals surface area contributed by atoms with Gasteiger partial charge in [-0.2, -0.15) is 0 Å². The third-order valence-electron chi connectivity index (χ3n) is 2.34. The van der Waals surface area contributed by atoms with Crippen molar-refractivity contribution in [1.29, 1.82) is 0 Å². The monoisotopic (exact) mass is 294 g/mol. The Balaban J connectivity index is 3.02. The molecule has 1 rings (SSSR count). The van der Waals surface area contributed by atoms with Crippen molar-refractivity contribution in [3.05, 3.63) is 46.1 Å². The second kappa shape index (κ2) is 6.50. The minimum Gasteiger partial charge on any atom is -0.505 e. The van der Waals surface area contributed by atoms with Gasteiger partial charge in [0.2, 0.25) is 0 Å². The third-order valence-corrected chi connectivity index (χ3v) is 3.33. The number of benzene rings is 1. The maximum atomic E-state index is 10.4. The molecule has 0 saturated carbocycles. The number of rotatable bonds is 5. The highest BCUT2D eigenvalue weighted by Crippen LogP contribution is 2.34. The van der Waals surface area contributed by atoms with E-state index in [2.05, 4.69) is 0 Å². The molecule has 0 aliphatic rings. The lowest BCUT2D eigenvalue weighted by atomic mass is 9.92. The van der Waals surface area contributed by atoms with E-state index in [1.54, 1.807) is 24.3 Å². The van der Waals surface area contributed by atoms with Gasteiger partial charge in [0.15, 0.2) is 0 Å². The molecule has 0 bridgehead atoms. The van der Waals surface area contributed by atoms with Crippen molar-refractivity contribution in [3.8, 4) is 0 Å². The first kappa shape index (κ1) is 14.7. The van der Waals surface area contributed by atoms with Crippen LogP contribution < -0.4 is 0 Å². The van der Waals surface area contributed by atoms with Crippen molar-refractivity contribution in [2.75, 3.05) is 13.0 Å². The summed E-state index contributed by atoms with van der Waals surface area (Å²) in [6.07, 6.45) is 3.49. The number of hydrogen-bond acceptors (Lipinski definition) is 2. The Hall–Kier alpha value is -0.410. The average molecular weight is 296 g/mol. The van der Waals surface area contributed by atoms with E-state index in [1.165, 1.54) is 13.4 Å².